The van der Waals surface area contributed by atoms with Gasteiger partial charge in [-0.05, 0) is 6.07 Å². The van der Waals surface area contributed by atoms with Crippen molar-refractivity contribution in [3.63, 3.8) is 0 Å². The quantitative estimate of drug-likeness (QED) is 0.632. The molecule has 0 saturated heterocycles. The first-order valence-corrected chi connectivity index (χ1v) is 7.02. The lowest BCUT2D eigenvalue weighted by Gasteiger charge is -2.01. The van der Waals surface area contributed by atoms with Crippen molar-refractivity contribution in [2.45, 2.75) is 0 Å². The first kappa shape index (κ1) is 11.3. The van der Waals surface area contributed by atoms with E-state index < -0.39 is 0 Å². The second-order valence-electron chi connectivity index (χ2n) is 3.77. The Kier molecular flexibility index (Phi) is 3.04. The summed E-state index contributed by atoms with van der Waals surface area (Å²) in [4.78, 5) is 4.62. The van der Waals surface area contributed by atoms with Crippen LogP contribution in [0.15, 0.2) is 54.6 Å². The third-order valence-electron chi connectivity index (χ3n) is 2.63. The first-order valence-electron chi connectivity index (χ1n) is 5.46. The van der Waals surface area contributed by atoms with Gasteiger partial charge in [-0.15, -0.1) is 11.3 Å². The SMILES string of the molecule is O=S=c1sc(-c2ccccc2)nc2ccccc12. The molecule has 1 aromatic heterocycles. The lowest BCUT2D eigenvalue weighted by Crippen LogP contribution is -1.83. The van der Waals surface area contributed by atoms with Gasteiger partial charge in [0.2, 0.25) is 0 Å². The highest BCUT2D eigenvalue weighted by Gasteiger charge is 2.04. The van der Waals surface area contributed by atoms with Gasteiger partial charge in [0.05, 0.1) is 5.52 Å². The van der Waals surface area contributed by atoms with Gasteiger partial charge in [-0.3, -0.25) is 0 Å². The molecular formula is C14H9NOS2. The van der Waals surface area contributed by atoms with E-state index in [4.69, 9.17) is 0 Å². The summed E-state index contributed by atoms with van der Waals surface area (Å²) in [6.07, 6.45) is 0. The second-order valence-corrected chi connectivity index (χ2v) is 5.61. The zero-order valence-electron chi connectivity index (χ0n) is 9.37. The van der Waals surface area contributed by atoms with E-state index in [0.29, 0.717) is 11.3 Å². The molecule has 88 valence electrons. The average molecular weight is 271 g/mol. The fourth-order valence-electron chi connectivity index (χ4n) is 1.78. The maximum absolute atomic E-state index is 11.2. The van der Waals surface area contributed by atoms with Gasteiger partial charge in [0.25, 0.3) is 0 Å². The minimum atomic E-state index is 0.536. The summed E-state index contributed by atoms with van der Waals surface area (Å²) in [6, 6.07) is 17.7. The highest BCUT2D eigenvalue weighted by atomic mass is 32.2. The van der Waals surface area contributed by atoms with Gasteiger partial charge < -0.3 is 0 Å². The zero-order valence-corrected chi connectivity index (χ0v) is 11.0. The fourth-order valence-corrected chi connectivity index (χ4v) is 3.28. The van der Waals surface area contributed by atoms with Gasteiger partial charge in [-0.1, -0.05) is 48.5 Å². The summed E-state index contributed by atoms with van der Waals surface area (Å²) in [6.45, 7) is 0. The molecule has 2 nitrogen and oxygen atoms in total. The van der Waals surface area contributed by atoms with Crippen LogP contribution in [0.2, 0.25) is 0 Å². The standard InChI is InChI=1S/C14H9NOS2/c16-18-14-11-8-4-5-9-12(11)15-13(17-14)10-6-2-1-3-7-10/h1-9H. The predicted molar refractivity (Wildman–Crippen MR) is 76.4 cm³/mol. The van der Waals surface area contributed by atoms with Crippen molar-refractivity contribution in [2.24, 2.45) is 0 Å². The molecule has 1 heterocycles. The molecule has 3 rings (SSSR count). The third-order valence-corrected chi connectivity index (χ3v) is 4.38. The van der Waals surface area contributed by atoms with Crippen LogP contribution in [0.25, 0.3) is 21.5 Å². The highest BCUT2D eigenvalue weighted by molar-refractivity contribution is 7.60. The summed E-state index contributed by atoms with van der Waals surface area (Å²) >= 11 is 1.98. The molecule has 0 bridgehead atoms. The molecule has 0 N–H and O–H groups in total. The molecular weight excluding hydrogens is 262 g/mol. The normalized spacial score (nSPS) is 10.4. The number of fused-ring (bicyclic) bond motifs is 1. The van der Waals surface area contributed by atoms with Gasteiger partial charge in [-0.2, -0.15) is 0 Å². The van der Waals surface area contributed by atoms with Crippen LogP contribution in [-0.2, 0) is 11.3 Å². The van der Waals surface area contributed by atoms with Crippen LogP contribution in [0.3, 0.4) is 0 Å². The van der Waals surface area contributed by atoms with Crippen molar-refractivity contribution in [3.8, 4) is 10.6 Å². The van der Waals surface area contributed by atoms with Crippen molar-refractivity contribution in [2.75, 3.05) is 0 Å². The fraction of sp³-hybridized carbons (Fsp3) is 0. The summed E-state index contributed by atoms with van der Waals surface area (Å²) < 4.78 is 12.0. The Morgan fingerprint density at radius 1 is 0.944 bits per heavy atom. The Balaban J connectivity index is 2.37. The topological polar surface area (TPSA) is 30.0 Å². The van der Waals surface area contributed by atoms with Crippen molar-refractivity contribution in [1.82, 2.24) is 4.98 Å². The van der Waals surface area contributed by atoms with E-state index in [2.05, 4.69) is 4.98 Å². The molecule has 0 amide bonds. The van der Waals surface area contributed by atoms with Crippen LogP contribution >= 0.6 is 11.3 Å². The monoisotopic (exact) mass is 271 g/mol. The largest absolute Gasteiger partial charge is 0.237 e. The first-order chi connectivity index (χ1) is 8.88. The summed E-state index contributed by atoms with van der Waals surface area (Å²) in [5.41, 5.74) is 1.91. The van der Waals surface area contributed by atoms with Crippen molar-refractivity contribution in [1.29, 1.82) is 0 Å². The van der Waals surface area contributed by atoms with Crippen LogP contribution in [0, 0.1) is 3.82 Å². The van der Waals surface area contributed by atoms with Gasteiger partial charge in [0, 0.05) is 10.9 Å². The Labute approximate surface area is 112 Å². The number of benzene rings is 2. The number of aromatic nitrogens is 1. The van der Waals surface area contributed by atoms with Crippen LogP contribution in [0.5, 0.6) is 0 Å². The van der Waals surface area contributed by atoms with Crippen molar-refractivity contribution >= 4 is 33.5 Å². The van der Waals surface area contributed by atoms with Gasteiger partial charge in [0.15, 0.2) is 0 Å². The van der Waals surface area contributed by atoms with E-state index in [1.54, 1.807) is 0 Å². The van der Waals surface area contributed by atoms with Crippen LogP contribution in [-0.4, -0.2) is 9.19 Å². The van der Waals surface area contributed by atoms with E-state index >= 15 is 0 Å². The Bertz CT molecular complexity index is 790. The number of hydrogen-bond acceptors (Lipinski definition) is 3. The number of hydrogen-bond donors (Lipinski definition) is 0. The van der Waals surface area contributed by atoms with Crippen LogP contribution < -0.4 is 0 Å². The molecule has 4 heteroatoms. The van der Waals surface area contributed by atoms with Gasteiger partial charge in [0.1, 0.15) is 20.1 Å². The van der Waals surface area contributed by atoms with Gasteiger partial charge >= 0.3 is 0 Å². The summed E-state index contributed by atoms with van der Waals surface area (Å²) in [7, 11) is 0. The maximum Gasteiger partial charge on any atom is 0.131 e. The summed E-state index contributed by atoms with van der Waals surface area (Å²) in [5, 5.41) is 1.81. The molecule has 0 fully saturated rings. The average Bonchev–Trinajstić information content (AvgIpc) is 2.47. The van der Waals surface area contributed by atoms with E-state index in [-0.39, 0.29) is 0 Å². The molecule has 18 heavy (non-hydrogen) atoms. The molecule has 3 aromatic rings. The van der Waals surface area contributed by atoms with E-state index in [0.717, 1.165) is 25.3 Å². The Hall–Kier alpha value is -1.78. The van der Waals surface area contributed by atoms with E-state index in [9.17, 15) is 4.21 Å². The molecule has 0 aliphatic carbocycles. The van der Waals surface area contributed by atoms with E-state index in [1.807, 2.05) is 54.6 Å². The summed E-state index contributed by atoms with van der Waals surface area (Å²) in [5.74, 6) is 0. The van der Waals surface area contributed by atoms with Gasteiger partial charge in [-0.25, -0.2) is 9.19 Å². The number of rotatable bonds is 1. The molecule has 0 aliphatic rings. The predicted octanol–water partition coefficient (Wildman–Crippen LogP) is 3.71. The van der Waals surface area contributed by atoms with Crippen LogP contribution in [0.4, 0.5) is 0 Å². The third kappa shape index (κ3) is 2.00. The molecule has 0 saturated carbocycles. The molecule has 0 spiro atoms. The smallest absolute Gasteiger partial charge is 0.131 e. The minimum Gasteiger partial charge on any atom is -0.237 e. The number of nitrogens with zero attached hydrogens (tertiary/aromatic N) is 1. The lowest BCUT2D eigenvalue weighted by molar-refractivity contribution is 0.700. The molecule has 0 aliphatic heterocycles. The second kappa shape index (κ2) is 4.84. The molecule has 0 radical (unpaired) electrons. The van der Waals surface area contributed by atoms with Crippen molar-refractivity contribution in [3.05, 3.63) is 58.4 Å². The Morgan fingerprint density at radius 3 is 2.44 bits per heavy atom. The molecule has 0 atom stereocenters. The van der Waals surface area contributed by atoms with Crippen LogP contribution in [0.1, 0.15) is 0 Å². The van der Waals surface area contributed by atoms with E-state index in [1.165, 1.54) is 11.3 Å². The lowest BCUT2D eigenvalue weighted by atomic mass is 10.2. The number of para-hydroxylation sites is 1. The molecule has 2 aromatic carbocycles. The molecule has 0 unspecified atom stereocenters. The Morgan fingerprint density at radius 2 is 1.67 bits per heavy atom. The maximum atomic E-state index is 11.2. The minimum absolute atomic E-state index is 0.536. The highest BCUT2D eigenvalue weighted by Crippen LogP contribution is 2.26. The van der Waals surface area contributed by atoms with Crippen molar-refractivity contribution < 1.29 is 4.21 Å². The zero-order chi connectivity index (χ0) is 12.4.